The van der Waals surface area contributed by atoms with E-state index in [2.05, 4.69) is 4.74 Å². The highest BCUT2D eigenvalue weighted by atomic mass is 127. The minimum absolute atomic E-state index is 0.260. The van der Waals surface area contributed by atoms with E-state index in [1.165, 1.54) is 0 Å². The van der Waals surface area contributed by atoms with Crippen LogP contribution in [0, 0.1) is 0 Å². The lowest BCUT2D eigenvalue weighted by Gasteiger charge is -2.03. The number of benzene rings is 1. The molecule has 0 bridgehead atoms. The lowest BCUT2D eigenvalue weighted by Crippen LogP contribution is -2.05. The van der Waals surface area contributed by atoms with E-state index in [0.717, 1.165) is 5.56 Å². The predicted molar refractivity (Wildman–Crippen MR) is 56.6 cm³/mol. The molecule has 0 fully saturated rings. The summed E-state index contributed by atoms with van der Waals surface area (Å²) in [6.45, 7) is 0.260. The third kappa shape index (κ3) is 4.12. The van der Waals surface area contributed by atoms with Gasteiger partial charge in [-0.2, -0.15) is 0 Å². The Morgan fingerprint density at radius 2 is 1.92 bits per heavy atom. The monoisotopic (exact) mass is 292 g/mol. The summed E-state index contributed by atoms with van der Waals surface area (Å²) in [5.74, 6) is 0. The zero-order valence-electron chi connectivity index (χ0n) is 6.90. The van der Waals surface area contributed by atoms with Crippen LogP contribution in [0.15, 0.2) is 30.3 Å². The van der Waals surface area contributed by atoms with E-state index in [-0.39, 0.29) is 6.61 Å². The molecule has 0 saturated carbocycles. The topological polar surface area (TPSA) is 35.5 Å². The smallest absolute Gasteiger partial charge is 0.429 e. The van der Waals surface area contributed by atoms with Crippen LogP contribution in [0.25, 0.3) is 0 Å². The van der Waals surface area contributed by atoms with Crippen LogP contribution in [-0.2, 0) is 16.1 Å². The van der Waals surface area contributed by atoms with Gasteiger partial charge in [0.25, 0.3) is 0 Å². The molecule has 1 rings (SSSR count). The molecule has 0 aliphatic heterocycles. The fourth-order valence-corrected chi connectivity index (χ4v) is 1.06. The number of hydrogen-bond donors (Lipinski definition) is 0. The minimum atomic E-state index is -0.627. The summed E-state index contributed by atoms with van der Waals surface area (Å²) in [7, 11) is 0. The second kappa shape index (κ2) is 5.80. The molecule has 1 aromatic rings. The molecule has 0 aliphatic carbocycles. The highest BCUT2D eigenvalue weighted by Gasteiger charge is 2.01. The van der Waals surface area contributed by atoms with Gasteiger partial charge in [-0.05, 0) is 28.2 Å². The van der Waals surface area contributed by atoms with Gasteiger partial charge >= 0.3 is 6.16 Å². The zero-order valence-corrected chi connectivity index (χ0v) is 9.06. The van der Waals surface area contributed by atoms with Crippen molar-refractivity contribution in [2.24, 2.45) is 0 Å². The van der Waals surface area contributed by atoms with Crippen LogP contribution < -0.4 is 0 Å². The van der Waals surface area contributed by atoms with Gasteiger partial charge in [-0.15, -0.1) is 0 Å². The van der Waals surface area contributed by atoms with Crippen molar-refractivity contribution in [3.63, 3.8) is 0 Å². The van der Waals surface area contributed by atoms with Crippen molar-refractivity contribution in [1.82, 2.24) is 0 Å². The van der Waals surface area contributed by atoms with E-state index in [1.54, 1.807) is 0 Å². The van der Waals surface area contributed by atoms with E-state index in [4.69, 9.17) is 4.74 Å². The Hall–Kier alpha value is -0.780. The Morgan fingerprint density at radius 1 is 1.23 bits per heavy atom. The Labute approximate surface area is 90.2 Å². The standard InChI is InChI=1S/C9H9IO3/c10-7-13-9(11)12-6-8-4-2-1-3-5-8/h1-5H,6-7H2. The summed E-state index contributed by atoms with van der Waals surface area (Å²) in [6, 6.07) is 9.46. The molecular weight excluding hydrogens is 283 g/mol. The summed E-state index contributed by atoms with van der Waals surface area (Å²) >= 11 is 1.93. The van der Waals surface area contributed by atoms with Crippen molar-refractivity contribution in [2.75, 3.05) is 4.61 Å². The molecule has 0 aromatic heterocycles. The second-order valence-electron chi connectivity index (χ2n) is 2.28. The molecule has 0 N–H and O–H groups in total. The van der Waals surface area contributed by atoms with Gasteiger partial charge < -0.3 is 9.47 Å². The molecule has 0 aliphatic rings. The van der Waals surface area contributed by atoms with Crippen molar-refractivity contribution < 1.29 is 14.3 Å². The van der Waals surface area contributed by atoms with Crippen molar-refractivity contribution in [2.45, 2.75) is 6.61 Å². The maximum atomic E-state index is 10.8. The number of carbonyl (C=O) groups is 1. The maximum Gasteiger partial charge on any atom is 0.509 e. The van der Waals surface area contributed by atoms with Gasteiger partial charge in [0, 0.05) is 0 Å². The van der Waals surface area contributed by atoms with Crippen LogP contribution in [0.3, 0.4) is 0 Å². The van der Waals surface area contributed by atoms with Crippen LogP contribution in [-0.4, -0.2) is 10.8 Å². The van der Waals surface area contributed by atoms with Gasteiger partial charge in [0.15, 0.2) is 0 Å². The summed E-state index contributed by atoms with van der Waals surface area (Å²) < 4.78 is 9.70. The molecule has 0 atom stereocenters. The average Bonchev–Trinajstić information content (AvgIpc) is 2.17. The van der Waals surface area contributed by atoms with Crippen molar-refractivity contribution in [1.29, 1.82) is 0 Å². The lowest BCUT2D eigenvalue weighted by molar-refractivity contribution is 0.0650. The number of alkyl halides is 1. The zero-order chi connectivity index (χ0) is 9.52. The SMILES string of the molecule is O=C(OCI)OCc1ccccc1. The van der Waals surface area contributed by atoms with Gasteiger partial charge in [0.2, 0.25) is 0 Å². The largest absolute Gasteiger partial charge is 0.509 e. The quantitative estimate of drug-likeness (QED) is 0.488. The summed E-state index contributed by atoms with van der Waals surface area (Å²) in [5, 5.41) is 0. The summed E-state index contributed by atoms with van der Waals surface area (Å²) in [4.78, 5) is 10.8. The fraction of sp³-hybridized carbons (Fsp3) is 0.222. The number of carbonyl (C=O) groups excluding carboxylic acids is 1. The molecule has 0 amide bonds. The third-order valence-corrected chi connectivity index (χ3v) is 1.68. The number of rotatable bonds is 3. The van der Waals surface area contributed by atoms with Crippen molar-refractivity contribution in [3.05, 3.63) is 35.9 Å². The van der Waals surface area contributed by atoms with E-state index >= 15 is 0 Å². The van der Waals surface area contributed by atoms with Gasteiger partial charge in [0.05, 0.1) is 0 Å². The minimum Gasteiger partial charge on any atom is -0.429 e. The van der Waals surface area contributed by atoms with Crippen LogP contribution in [0.1, 0.15) is 5.56 Å². The maximum absolute atomic E-state index is 10.8. The van der Waals surface area contributed by atoms with Gasteiger partial charge in [0.1, 0.15) is 11.2 Å². The Balaban J connectivity index is 2.31. The summed E-state index contributed by atoms with van der Waals surface area (Å²) in [6.07, 6.45) is -0.627. The molecule has 0 unspecified atom stereocenters. The molecule has 0 heterocycles. The third-order valence-electron chi connectivity index (χ3n) is 1.37. The molecule has 0 saturated heterocycles. The van der Waals surface area contributed by atoms with Crippen LogP contribution >= 0.6 is 22.6 Å². The summed E-state index contributed by atoms with van der Waals surface area (Å²) in [5.41, 5.74) is 0.952. The number of hydrogen-bond acceptors (Lipinski definition) is 3. The Kier molecular flexibility index (Phi) is 4.59. The van der Waals surface area contributed by atoms with Gasteiger partial charge in [-0.1, -0.05) is 30.3 Å². The molecule has 13 heavy (non-hydrogen) atoms. The molecule has 1 aromatic carbocycles. The molecular formula is C9H9IO3. The Morgan fingerprint density at radius 3 is 2.54 bits per heavy atom. The average molecular weight is 292 g/mol. The number of ether oxygens (including phenoxy) is 2. The highest BCUT2D eigenvalue weighted by Crippen LogP contribution is 2.01. The van der Waals surface area contributed by atoms with E-state index in [9.17, 15) is 4.79 Å². The first kappa shape index (κ1) is 10.3. The van der Waals surface area contributed by atoms with Gasteiger partial charge in [-0.3, -0.25) is 0 Å². The van der Waals surface area contributed by atoms with Crippen molar-refractivity contribution >= 4 is 28.7 Å². The molecule has 0 spiro atoms. The van der Waals surface area contributed by atoms with Crippen LogP contribution in [0.4, 0.5) is 4.79 Å². The van der Waals surface area contributed by atoms with Crippen LogP contribution in [0.2, 0.25) is 0 Å². The first-order chi connectivity index (χ1) is 6.33. The highest BCUT2D eigenvalue weighted by molar-refractivity contribution is 14.1. The van der Waals surface area contributed by atoms with E-state index < -0.39 is 6.16 Å². The first-order valence-corrected chi connectivity index (χ1v) is 5.25. The fourth-order valence-electron chi connectivity index (χ4n) is 0.803. The lowest BCUT2D eigenvalue weighted by atomic mass is 10.2. The molecule has 0 radical (unpaired) electrons. The second-order valence-corrected chi connectivity index (χ2v) is 2.90. The predicted octanol–water partition coefficient (Wildman–Crippen LogP) is 2.73. The molecule has 3 nitrogen and oxygen atoms in total. The first-order valence-electron chi connectivity index (χ1n) is 3.72. The van der Waals surface area contributed by atoms with E-state index in [0.29, 0.717) is 4.61 Å². The normalized spacial score (nSPS) is 9.31. The van der Waals surface area contributed by atoms with Crippen molar-refractivity contribution in [3.8, 4) is 0 Å². The number of halogens is 1. The Bertz CT molecular complexity index is 261. The van der Waals surface area contributed by atoms with E-state index in [1.807, 2.05) is 52.9 Å². The van der Waals surface area contributed by atoms with Crippen LogP contribution in [0.5, 0.6) is 0 Å². The molecule has 4 heteroatoms. The molecule has 70 valence electrons. The van der Waals surface area contributed by atoms with Gasteiger partial charge in [-0.25, -0.2) is 4.79 Å².